The molecule has 4 aromatic rings. The summed E-state index contributed by atoms with van der Waals surface area (Å²) in [4.78, 5) is 25.5. The van der Waals surface area contributed by atoms with Gasteiger partial charge < -0.3 is 5.32 Å². The molecule has 1 amide bonds. The lowest BCUT2D eigenvalue weighted by molar-refractivity contribution is -0.115. The van der Waals surface area contributed by atoms with E-state index >= 15 is 0 Å². The molecule has 2 aromatic heterocycles. The molecule has 32 heavy (non-hydrogen) atoms. The number of aromatic nitrogens is 5. The minimum Gasteiger partial charge on any atom is -0.320 e. The average molecular weight is 449 g/mol. The molecule has 0 unspecified atom stereocenters. The first-order valence-electron chi connectivity index (χ1n) is 10.2. The van der Waals surface area contributed by atoms with Crippen LogP contribution in [0.25, 0.3) is 11.4 Å². The Kier molecular flexibility index (Phi) is 6.27. The average Bonchev–Trinajstić information content (AvgIpc) is 3.33. The third-order valence-electron chi connectivity index (χ3n) is 5.27. The van der Waals surface area contributed by atoms with E-state index in [4.69, 9.17) is 0 Å². The fourth-order valence-corrected chi connectivity index (χ4v) is 4.33. The van der Waals surface area contributed by atoms with Crippen molar-refractivity contribution >= 4 is 23.4 Å². The van der Waals surface area contributed by atoms with E-state index in [2.05, 4.69) is 15.5 Å². The van der Waals surface area contributed by atoms with Crippen LogP contribution in [0.15, 0.2) is 70.9 Å². The number of anilines is 1. The number of amides is 1. The predicted molar refractivity (Wildman–Crippen MR) is 126 cm³/mol. The number of carbonyl (C=O) groups excluding carboxylic acids is 1. The molecule has 0 aliphatic rings. The number of hydrogen-bond acceptors (Lipinski definition) is 5. The highest BCUT2D eigenvalue weighted by atomic mass is 32.2. The third kappa shape index (κ3) is 4.24. The number of benzene rings is 2. The van der Waals surface area contributed by atoms with Crippen LogP contribution in [0.1, 0.15) is 17.7 Å². The molecule has 0 aliphatic carbocycles. The number of carbonyl (C=O) groups is 1. The summed E-state index contributed by atoms with van der Waals surface area (Å²) >= 11 is 1.45. The van der Waals surface area contributed by atoms with E-state index in [0.29, 0.717) is 17.1 Å². The molecule has 8 nitrogen and oxygen atoms in total. The molecule has 1 N–H and O–H groups in total. The lowest BCUT2D eigenvalue weighted by Gasteiger charge is -2.09. The molecule has 0 aliphatic heterocycles. The van der Waals surface area contributed by atoms with Gasteiger partial charge in [-0.3, -0.25) is 18.8 Å². The SMILES string of the molecule is Cc1ccccc1-n1cnnc1SCCC(=O)Nc1c(C)n(C)n(-c2ccccc2)c1=O. The van der Waals surface area contributed by atoms with Gasteiger partial charge in [0, 0.05) is 19.2 Å². The molecule has 2 heterocycles. The van der Waals surface area contributed by atoms with Gasteiger partial charge in [0.2, 0.25) is 5.91 Å². The summed E-state index contributed by atoms with van der Waals surface area (Å²) in [5.41, 5.74) is 3.60. The Bertz CT molecular complexity index is 1310. The Morgan fingerprint density at radius 2 is 1.78 bits per heavy atom. The number of para-hydroxylation sites is 2. The smallest absolute Gasteiger partial charge is 0.295 e. The molecule has 0 saturated carbocycles. The minimum atomic E-state index is -0.253. The van der Waals surface area contributed by atoms with Crippen LogP contribution < -0.4 is 10.9 Å². The summed E-state index contributed by atoms with van der Waals surface area (Å²) in [6, 6.07) is 17.3. The first-order valence-corrected chi connectivity index (χ1v) is 11.2. The second kappa shape index (κ2) is 9.27. The number of nitrogens with one attached hydrogen (secondary N) is 1. The Labute approximate surface area is 189 Å². The van der Waals surface area contributed by atoms with Crippen molar-refractivity contribution in [3.63, 3.8) is 0 Å². The van der Waals surface area contributed by atoms with E-state index in [-0.39, 0.29) is 17.9 Å². The molecule has 0 fully saturated rings. The van der Waals surface area contributed by atoms with E-state index in [0.717, 1.165) is 22.1 Å². The van der Waals surface area contributed by atoms with Gasteiger partial charge in [0.1, 0.15) is 12.0 Å². The maximum atomic E-state index is 12.9. The zero-order valence-electron chi connectivity index (χ0n) is 18.1. The highest BCUT2D eigenvalue weighted by Gasteiger charge is 2.18. The third-order valence-corrected chi connectivity index (χ3v) is 6.22. The zero-order valence-corrected chi connectivity index (χ0v) is 19.0. The standard InChI is InChI=1S/C23H24N6O2S/c1-16-9-7-8-12-19(16)28-15-24-26-23(28)32-14-13-20(30)25-21-17(2)27(3)29(22(21)31)18-10-5-4-6-11-18/h4-12,15H,13-14H2,1-3H3,(H,25,30). The van der Waals surface area contributed by atoms with E-state index in [1.807, 2.05) is 73.0 Å². The van der Waals surface area contributed by atoms with Crippen molar-refractivity contribution in [2.45, 2.75) is 25.4 Å². The summed E-state index contributed by atoms with van der Waals surface area (Å²) in [6.07, 6.45) is 1.91. The van der Waals surface area contributed by atoms with Crippen LogP contribution >= 0.6 is 11.8 Å². The highest BCUT2D eigenvalue weighted by molar-refractivity contribution is 7.99. The predicted octanol–water partition coefficient (Wildman–Crippen LogP) is 3.49. The fourth-order valence-electron chi connectivity index (χ4n) is 3.47. The molecule has 0 bridgehead atoms. The second-order valence-corrected chi connectivity index (χ2v) is 8.42. The lowest BCUT2D eigenvalue weighted by atomic mass is 10.2. The second-order valence-electron chi connectivity index (χ2n) is 7.35. The van der Waals surface area contributed by atoms with E-state index in [1.165, 1.54) is 11.8 Å². The van der Waals surface area contributed by atoms with Crippen molar-refractivity contribution in [1.29, 1.82) is 0 Å². The van der Waals surface area contributed by atoms with Crippen LogP contribution in [0.5, 0.6) is 0 Å². The maximum Gasteiger partial charge on any atom is 0.295 e. The van der Waals surface area contributed by atoms with Gasteiger partial charge in [-0.1, -0.05) is 48.2 Å². The first kappa shape index (κ1) is 21.6. The lowest BCUT2D eigenvalue weighted by Crippen LogP contribution is -2.23. The van der Waals surface area contributed by atoms with Crippen molar-refractivity contribution < 1.29 is 4.79 Å². The first-order chi connectivity index (χ1) is 15.5. The molecule has 164 valence electrons. The molecule has 0 atom stereocenters. The fraction of sp³-hybridized carbons (Fsp3) is 0.217. The van der Waals surface area contributed by atoms with Gasteiger partial charge in [-0.25, -0.2) is 4.68 Å². The van der Waals surface area contributed by atoms with Crippen LogP contribution in [0.2, 0.25) is 0 Å². The van der Waals surface area contributed by atoms with Gasteiger partial charge in [-0.05, 0) is 37.6 Å². The van der Waals surface area contributed by atoms with Crippen LogP contribution in [0.4, 0.5) is 5.69 Å². The number of aryl methyl sites for hydroxylation is 1. The molecule has 2 aromatic carbocycles. The summed E-state index contributed by atoms with van der Waals surface area (Å²) in [7, 11) is 1.80. The Balaban J connectivity index is 1.43. The van der Waals surface area contributed by atoms with Crippen LogP contribution in [-0.4, -0.2) is 35.8 Å². The normalized spacial score (nSPS) is 11.0. The summed E-state index contributed by atoms with van der Waals surface area (Å²) in [5.74, 6) is 0.292. The quantitative estimate of drug-likeness (QED) is 0.437. The zero-order chi connectivity index (χ0) is 22.7. The Hall–Kier alpha value is -3.59. The van der Waals surface area contributed by atoms with Gasteiger partial charge in [0.25, 0.3) is 5.56 Å². The molecular formula is C23H24N6O2S. The maximum absolute atomic E-state index is 12.9. The van der Waals surface area contributed by atoms with E-state index < -0.39 is 0 Å². The number of rotatable bonds is 7. The van der Waals surface area contributed by atoms with Gasteiger partial charge in [0.05, 0.1) is 17.1 Å². The van der Waals surface area contributed by atoms with Gasteiger partial charge in [0.15, 0.2) is 5.16 Å². The van der Waals surface area contributed by atoms with Crippen LogP contribution in [0, 0.1) is 13.8 Å². The Morgan fingerprint density at radius 3 is 2.53 bits per heavy atom. The van der Waals surface area contributed by atoms with Crippen molar-refractivity contribution in [1.82, 2.24) is 24.1 Å². The molecule has 9 heteroatoms. The van der Waals surface area contributed by atoms with Crippen molar-refractivity contribution in [2.75, 3.05) is 11.1 Å². The number of thioether (sulfide) groups is 1. The Morgan fingerprint density at radius 1 is 1.06 bits per heavy atom. The van der Waals surface area contributed by atoms with Gasteiger partial charge in [-0.2, -0.15) is 0 Å². The molecule has 0 saturated heterocycles. The molecule has 0 spiro atoms. The van der Waals surface area contributed by atoms with Crippen molar-refractivity contribution in [3.8, 4) is 11.4 Å². The van der Waals surface area contributed by atoms with Crippen molar-refractivity contribution in [3.05, 3.63) is 82.5 Å². The van der Waals surface area contributed by atoms with Gasteiger partial charge in [-0.15, -0.1) is 10.2 Å². The summed E-state index contributed by atoms with van der Waals surface area (Å²) in [6.45, 7) is 3.84. The number of hydrogen-bond donors (Lipinski definition) is 1. The summed E-state index contributed by atoms with van der Waals surface area (Å²) in [5, 5.41) is 11.7. The summed E-state index contributed by atoms with van der Waals surface area (Å²) < 4.78 is 5.20. The van der Waals surface area contributed by atoms with E-state index in [1.54, 1.807) is 22.7 Å². The van der Waals surface area contributed by atoms with E-state index in [9.17, 15) is 9.59 Å². The minimum absolute atomic E-state index is 0.217. The topological polar surface area (TPSA) is 86.7 Å². The monoisotopic (exact) mass is 448 g/mol. The number of nitrogens with zero attached hydrogens (tertiary/aromatic N) is 5. The largest absolute Gasteiger partial charge is 0.320 e. The molecule has 4 rings (SSSR count). The van der Waals surface area contributed by atoms with Crippen LogP contribution in [-0.2, 0) is 11.8 Å². The highest BCUT2D eigenvalue weighted by Crippen LogP contribution is 2.22. The van der Waals surface area contributed by atoms with Crippen molar-refractivity contribution in [2.24, 2.45) is 7.05 Å². The van der Waals surface area contributed by atoms with Crippen LogP contribution in [0.3, 0.4) is 0 Å². The van der Waals surface area contributed by atoms with Gasteiger partial charge >= 0.3 is 0 Å². The molecular weight excluding hydrogens is 424 g/mol. The molecule has 0 radical (unpaired) electrons.